The van der Waals surface area contributed by atoms with Gasteiger partial charge in [-0.25, -0.2) is 0 Å². The van der Waals surface area contributed by atoms with Crippen LogP contribution in [0.2, 0.25) is 0 Å². The maximum absolute atomic E-state index is 6.00. The second-order valence-electron chi connectivity index (χ2n) is 8.28. The molecule has 0 aliphatic carbocycles. The highest BCUT2D eigenvalue weighted by atomic mass is 16.6. The summed E-state index contributed by atoms with van der Waals surface area (Å²) in [4.78, 5) is 0. The van der Waals surface area contributed by atoms with E-state index in [2.05, 4.69) is 50.3 Å². The number of unbranched alkanes of at least 4 members (excludes halogenated alkanes) is 10. The zero-order valence-corrected chi connectivity index (χ0v) is 17.7. The van der Waals surface area contributed by atoms with Crippen LogP contribution in [-0.2, 0) is 11.2 Å². The van der Waals surface area contributed by atoms with E-state index in [1.54, 1.807) is 0 Å². The van der Waals surface area contributed by atoms with E-state index in [0.29, 0.717) is 6.61 Å². The maximum Gasteiger partial charge on any atom is 0.123 e. The Morgan fingerprint density at radius 3 is 2.15 bits per heavy atom. The molecule has 1 unspecified atom stereocenters. The summed E-state index contributed by atoms with van der Waals surface area (Å²) >= 11 is 0. The second kappa shape index (κ2) is 13.0. The lowest BCUT2D eigenvalue weighted by Crippen LogP contribution is -2.17. The highest BCUT2D eigenvalue weighted by Gasteiger charge is 2.40. The normalized spacial score (nSPS) is 18.9. The van der Waals surface area contributed by atoms with E-state index < -0.39 is 0 Å². The molecule has 1 aromatic rings. The van der Waals surface area contributed by atoms with Gasteiger partial charge < -0.3 is 9.47 Å². The minimum Gasteiger partial charge on any atom is -0.490 e. The topological polar surface area (TPSA) is 21.8 Å². The van der Waals surface area contributed by atoms with Gasteiger partial charge in [0.2, 0.25) is 0 Å². The van der Waals surface area contributed by atoms with Crippen molar-refractivity contribution in [3.8, 4) is 5.75 Å². The van der Waals surface area contributed by atoms with Crippen LogP contribution in [0.3, 0.4) is 0 Å². The number of allylic oxidation sites excluding steroid dienone is 2. The molecule has 0 saturated carbocycles. The molecule has 1 saturated heterocycles. The van der Waals surface area contributed by atoms with Crippen molar-refractivity contribution in [1.82, 2.24) is 0 Å². The van der Waals surface area contributed by atoms with Crippen LogP contribution < -0.4 is 4.74 Å². The first-order chi connectivity index (χ1) is 13.2. The van der Waals surface area contributed by atoms with Crippen molar-refractivity contribution in [3.05, 3.63) is 42.0 Å². The van der Waals surface area contributed by atoms with Crippen molar-refractivity contribution in [2.45, 2.75) is 96.5 Å². The molecule has 1 atom stereocenters. The van der Waals surface area contributed by atoms with Gasteiger partial charge in [-0.05, 0) is 51.2 Å². The Morgan fingerprint density at radius 1 is 0.926 bits per heavy atom. The molecular weight excluding hydrogens is 332 g/mol. The molecule has 27 heavy (non-hydrogen) atoms. The Balaban J connectivity index is 1.45. The Kier molecular flexibility index (Phi) is 10.6. The van der Waals surface area contributed by atoms with Gasteiger partial charge in [0.1, 0.15) is 18.0 Å². The first kappa shape index (κ1) is 22.0. The molecule has 1 fully saturated rings. The van der Waals surface area contributed by atoms with Gasteiger partial charge in [-0.2, -0.15) is 0 Å². The van der Waals surface area contributed by atoms with Crippen LogP contribution in [0.15, 0.2) is 36.4 Å². The summed E-state index contributed by atoms with van der Waals surface area (Å²) in [5, 5.41) is 0. The van der Waals surface area contributed by atoms with E-state index in [0.717, 1.165) is 18.8 Å². The molecule has 1 aromatic carbocycles. The van der Waals surface area contributed by atoms with Gasteiger partial charge in [0.15, 0.2) is 0 Å². The van der Waals surface area contributed by atoms with E-state index in [9.17, 15) is 0 Å². The van der Waals surface area contributed by atoms with Gasteiger partial charge in [-0.15, -0.1) is 0 Å². The van der Waals surface area contributed by atoms with Crippen molar-refractivity contribution in [2.24, 2.45) is 0 Å². The van der Waals surface area contributed by atoms with Gasteiger partial charge in [0.25, 0.3) is 0 Å². The fourth-order valence-corrected chi connectivity index (χ4v) is 3.45. The van der Waals surface area contributed by atoms with E-state index in [-0.39, 0.29) is 5.60 Å². The summed E-state index contributed by atoms with van der Waals surface area (Å²) in [6.07, 6.45) is 20.6. The molecule has 0 spiro atoms. The highest BCUT2D eigenvalue weighted by Crippen LogP contribution is 2.28. The Bertz CT molecular complexity index is 531. The molecule has 1 aliphatic rings. The number of aryl methyl sites for hydroxylation is 1. The molecule has 2 rings (SSSR count). The Hall–Kier alpha value is -1.28. The predicted octanol–water partition coefficient (Wildman–Crippen LogP) is 7.26. The lowest BCUT2D eigenvalue weighted by atomic mass is 10.0. The van der Waals surface area contributed by atoms with E-state index in [1.165, 1.54) is 76.2 Å². The van der Waals surface area contributed by atoms with Gasteiger partial charge in [0, 0.05) is 0 Å². The van der Waals surface area contributed by atoms with Gasteiger partial charge in [-0.1, -0.05) is 81.7 Å². The van der Waals surface area contributed by atoms with Crippen LogP contribution in [0.4, 0.5) is 0 Å². The van der Waals surface area contributed by atoms with E-state index >= 15 is 0 Å². The lowest BCUT2D eigenvalue weighted by molar-refractivity contribution is 0.201. The largest absolute Gasteiger partial charge is 0.490 e. The first-order valence-corrected chi connectivity index (χ1v) is 11.2. The van der Waals surface area contributed by atoms with E-state index in [1.807, 2.05) is 0 Å². The zero-order valence-electron chi connectivity index (χ0n) is 17.7. The van der Waals surface area contributed by atoms with Gasteiger partial charge in [0.05, 0.1) is 6.61 Å². The lowest BCUT2D eigenvalue weighted by Gasteiger charge is -2.13. The summed E-state index contributed by atoms with van der Waals surface area (Å²) in [5.74, 6) is 1.05. The molecule has 0 N–H and O–H groups in total. The average Bonchev–Trinajstić information content (AvgIpc) is 3.42. The number of benzene rings is 1. The first-order valence-electron chi connectivity index (χ1n) is 11.2. The number of para-hydroxylation sites is 1. The number of hydrogen-bond acceptors (Lipinski definition) is 2. The molecule has 0 amide bonds. The summed E-state index contributed by atoms with van der Waals surface area (Å²) in [6, 6.07) is 8.49. The number of rotatable bonds is 16. The molecular formula is C25H40O2. The molecule has 2 heteroatoms. The quantitative estimate of drug-likeness (QED) is 0.173. The summed E-state index contributed by atoms with van der Waals surface area (Å²) in [6.45, 7) is 5.71. The van der Waals surface area contributed by atoms with Crippen molar-refractivity contribution in [3.63, 3.8) is 0 Å². The van der Waals surface area contributed by atoms with E-state index in [4.69, 9.17) is 9.47 Å². The highest BCUT2D eigenvalue weighted by molar-refractivity contribution is 5.33. The fourth-order valence-electron chi connectivity index (χ4n) is 3.45. The molecule has 152 valence electrons. The number of epoxide rings is 1. The van der Waals surface area contributed by atoms with Crippen LogP contribution in [0.25, 0.3) is 0 Å². The van der Waals surface area contributed by atoms with Crippen LogP contribution in [0.1, 0.15) is 90.0 Å². The minimum atomic E-state index is -0.0420. The summed E-state index contributed by atoms with van der Waals surface area (Å²) in [5.41, 5.74) is 1.30. The standard InChI is InChI=1S/C25H40O2/c1-3-4-5-6-7-8-9-10-11-12-13-14-15-18-23-19-16-17-20-24(23)26-21-25(2)22-27-25/h3-4,16-17,19-20H,5-15,18,21-22H2,1-2H3/b4-3+. The van der Waals surface area contributed by atoms with Crippen molar-refractivity contribution >= 4 is 0 Å². The molecule has 2 nitrogen and oxygen atoms in total. The van der Waals surface area contributed by atoms with Crippen LogP contribution >= 0.6 is 0 Å². The van der Waals surface area contributed by atoms with Crippen LogP contribution in [0, 0.1) is 0 Å². The Morgan fingerprint density at radius 2 is 1.52 bits per heavy atom. The van der Waals surface area contributed by atoms with Crippen LogP contribution in [0.5, 0.6) is 5.75 Å². The number of hydrogen-bond donors (Lipinski definition) is 0. The molecule has 0 radical (unpaired) electrons. The second-order valence-corrected chi connectivity index (χ2v) is 8.28. The molecule has 1 heterocycles. The summed E-state index contributed by atoms with van der Waals surface area (Å²) < 4.78 is 11.4. The fraction of sp³-hybridized carbons (Fsp3) is 0.680. The van der Waals surface area contributed by atoms with Crippen molar-refractivity contribution in [1.29, 1.82) is 0 Å². The zero-order chi connectivity index (χ0) is 19.2. The average molecular weight is 373 g/mol. The summed E-state index contributed by atoms with van der Waals surface area (Å²) in [7, 11) is 0. The SMILES string of the molecule is C/C=C/CCCCCCCCCCCCc1ccccc1OCC1(C)CO1. The van der Waals surface area contributed by atoms with Gasteiger partial charge >= 0.3 is 0 Å². The maximum atomic E-state index is 6.00. The monoisotopic (exact) mass is 372 g/mol. The van der Waals surface area contributed by atoms with Crippen LogP contribution in [-0.4, -0.2) is 18.8 Å². The van der Waals surface area contributed by atoms with Gasteiger partial charge in [-0.3, -0.25) is 0 Å². The molecule has 1 aliphatic heterocycles. The third-order valence-corrected chi connectivity index (χ3v) is 5.45. The molecule has 0 aromatic heterocycles. The molecule has 0 bridgehead atoms. The third-order valence-electron chi connectivity index (χ3n) is 5.45. The smallest absolute Gasteiger partial charge is 0.123 e. The minimum absolute atomic E-state index is 0.0420. The number of ether oxygens (including phenoxy) is 2. The Labute approximate surface area is 167 Å². The van der Waals surface area contributed by atoms with Crippen molar-refractivity contribution < 1.29 is 9.47 Å². The third kappa shape index (κ3) is 10.0. The van der Waals surface area contributed by atoms with Crippen molar-refractivity contribution in [2.75, 3.05) is 13.2 Å². The predicted molar refractivity (Wildman–Crippen MR) is 116 cm³/mol.